The third kappa shape index (κ3) is 27.4. The number of aliphatic hydroxyl groups is 5. The third-order valence-electron chi connectivity index (χ3n) is 10.9. The van der Waals surface area contributed by atoms with Crippen molar-refractivity contribution in [3.63, 3.8) is 0 Å². The van der Waals surface area contributed by atoms with Gasteiger partial charge in [0, 0.05) is 12.8 Å². The molecule has 1 saturated carbocycles. The summed E-state index contributed by atoms with van der Waals surface area (Å²) >= 11 is 0. The van der Waals surface area contributed by atoms with Crippen LogP contribution in [-0.4, -0.2) is 98.3 Å². The van der Waals surface area contributed by atoms with E-state index in [-0.39, 0.29) is 12.8 Å². The Morgan fingerprint density at radius 3 is 1.31 bits per heavy atom. The SMILES string of the molecule is CCCCCCCCCC/C=C\CCCCCCCCCC(=O)OC[C@H](COP(=O)(O)OC1C(O)C(O)C(O)[C@@H](O)C1O)OC(=O)CCCCCCCCCCCC. The van der Waals surface area contributed by atoms with Gasteiger partial charge in [0.2, 0.25) is 0 Å². The van der Waals surface area contributed by atoms with Gasteiger partial charge >= 0.3 is 19.8 Å². The van der Waals surface area contributed by atoms with Crippen LogP contribution in [0.2, 0.25) is 0 Å². The van der Waals surface area contributed by atoms with Crippen molar-refractivity contribution in [1.82, 2.24) is 0 Å². The number of allylic oxidation sites excluding steroid dienone is 2. The van der Waals surface area contributed by atoms with E-state index in [4.69, 9.17) is 18.5 Å². The Morgan fingerprint density at radius 2 is 0.879 bits per heavy atom. The van der Waals surface area contributed by atoms with Gasteiger partial charge in [0.1, 0.15) is 43.2 Å². The van der Waals surface area contributed by atoms with Crippen molar-refractivity contribution in [2.45, 2.75) is 243 Å². The zero-order valence-electron chi connectivity index (χ0n) is 36.1. The molecule has 1 rings (SSSR count). The van der Waals surface area contributed by atoms with Crippen LogP contribution < -0.4 is 0 Å². The summed E-state index contributed by atoms with van der Waals surface area (Å²) in [5.41, 5.74) is 0. The highest BCUT2D eigenvalue weighted by atomic mass is 31.2. The van der Waals surface area contributed by atoms with Gasteiger partial charge in [0.05, 0.1) is 6.61 Å². The molecule has 0 aromatic heterocycles. The summed E-state index contributed by atoms with van der Waals surface area (Å²) in [7, 11) is -5.11. The minimum Gasteiger partial charge on any atom is -0.462 e. The first-order valence-electron chi connectivity index (χ1n) is 23.0. The summed E-state index contributed by atoms with van der Waals surface area (Å²) in [6.45, 7) is 3.28. The molecule has 0 spiro atoms. The smallest absolute Gasteiger partial charge is 0.462 e. The maximum absolute atomic E-state index is 12.8. The summed E-state index contributed by atoms with van der Waals surface area (Å²) in [5.74, 6) is -1.10. The van der Waals surface area contributed by atoms with Crippen LogP contribution >= 0.6 is 7.82 Å². The van der Waals surface area contributed by atoms with Crippen LogP contribution in [0.1, 0.15) is 200 Å². The van der Waals surface area contributed by atoms with Crippen LogP contribution in [0.5, 0.6) is 0 Å². The standard InChI is InChI=1S/C44H83O13P/c1-3-5-7-9-11-13-15-16-17-18-19-20-21-22-23-25-26-28-30-32-37(45)54-34-36(56-38(46)33-31-29-27-24-14-12-10-8-6-4-2)35-55-58(52,53)57-44-42(50)40(48)39(47)41(49)43(44)51/h18-19,36,39-44,47-51H,3-17,20-35H2,1-2H3,(H,52,53)/b19-18-/t36-,39?,40-,41?,42?,43?,44?/m1/s1. The van der Waals surface area contributed by atoms with Crippen LogP contribution in [0, 0.1) is 0 Å². The predicted octanol–water partition coefficient (Wildman–Crippen LogP) is 8.67. The van der Waals surface area contributed by atoms with E-state index in [1.54, 1.807) is 0 Å². The molecule has 0 radical (unpaired) electrons. The van der Waals surface area contributed by atoms with Crippen LogP contribution in [0.15, 0.2) is 12.2 Å². The number of unbranched alkanes of at least 4 members (excludes halogenated alkanes) is 24. The Hall–Kier alpha value is -1.41. The number of phosphoric ester groups is 1. The lowest BCUT2D eigenvalue weighted by Gasteiger charge is -2.41. The largest absolute Gasteiger partial charge is 0.472 e. The molecule has 0 bridgehead atoms. The van der Waals surface area contributed by atoms with E-state index in [0.29, 0.717) is 12.8 Å². The fraction of sp³-hybridized carbons (Fsp3) is 0.909. The molecule has 0 aromatic rings. The van der Waals surface area contributed by atoms with Crippen LogP contribution in [0.4, 0.5) is 0 Å². The van der Waals surface area contributed by atoms with E-state index >= 15 is 0 Å². The molecule has 0 aromatic carbocycles. The lowest BCUT2D eigenvalue weighted by atomic mass is 9.85. The molecule has 1 aliphatic rings. The minimum absolute atomic E-state index is 0.100. The molecule has 0 saturated heterocycles. The zero-order valence-corrected chi connectivity index (χ0v) is 37.0. The topological polar surface area (TPSA) is 210 Å². The Balaban J connectivity index is 2.41. The predicted molar refractivity (Wildman–Crippen MR) is 226 cm³/mol. The molecule has 8 atom stereocenters. The maximum atomic E-state index is 12.8. The van der Waals surface area contributed by atoms with Gasteiger partial charge in [-0.1, -0.05) is 161 Å². The third-order valence-corrected chi connectivity index (χ3v) is 11.8. The van der Waals surface area contributed by atoms with Crippen molar-refractivity contribution < 1.29 is 63.1 Å². The van der Waals surface area contributed by atoms with Crippen LogP contribution in [0.3, 0.4) is 0 Å². The first kappa shape index (κ1) is 54.6. The second-order valence-electron chi connectivity index (χ2n) is 16.3. The number of esters is 2. The van der Waals surface area contributed by atoms with E-state index in [9.17, 15) is 44.6 Å². The van der Waals surface area contributed by atoms with Crippen molar-refractivity contribution in [2.24, 2.45) is 0 Å². The number of phosphoric acid groups is 1. The first-order valence-corrected chi connectivity index (χ1v) is 24.5. The van der Waals surface area contributed by atoms with Gasteiger partial charge in [0.25, 0.3) is 0 Å². The Kier molecular flexibility index (Phi) is 33.2. The number of ether oxygens (including phenoxy) is 2. The highest BCUT2D eigenvalue weighted by Gasteiger charge is 2.51. The van der Waals surface area contributed by atoms with Crippen LogP contribution in [-0.2, 0) is 32.7 Å². The van der Waals surface area contributed by atoms with Gasteiger partial charge in [-0.05, 0) is 38.5 Å². The molecule has 14 heteroatoms. The molecule has 342 valence electrons. The van der Waals surface area contributed by atoms with Gasteiger partial charge in [0.15, 0.2) is 6.10 Å². The quantitative estimate of drug-likeness (QED) is 0.0149. The molecule has 0 heterocycles. The first-order chi connectivity index (χ1) is 27.9. The number of carbonyl (C=O) groups excluding carboxylic acids is 2. The second kappa shape index (κ2) is 35.2. The zero-order chi connectivity index (χ0) is 42.9. The van der Waals surface area contributed by atoms with Crippen LogP contribution in [0.25, 0.3) is 0 Å². The molecule has 58 heavy (non-hydrogen) atoms. The molecular weight excluding hydrogens is 767 g/mol. The fourth-order valence-corrected chi connectivity index (χ4v) is 8.08. The fourth-order valence-electron chi connectivity index (χ4n) is 7.11. The molecular formula is C44H83O13P. The van der Waals surface area contributed by atoms with Gasteiger partial charge in [-0.2, -0.15) is 0 Å². The summed E-state index contributed by atoms with van der Waals surface area (Å²) in [6, 6.07) is 0. The van der Waals surface area contributed by atoms with Gasteiger partial charge < -0.3 is 39.9 Å². The second-order valence-corrected chi connectivity index (χ2v) is 17.7. The number of aliphatic hydroxyl groups excluding tert-OH is 5. The lowest BCUT2D eigenvalue weighted by Crippen LogP contribution is -2.64. The van der Waals surface area contributed by atoms with Crippen molar-refractivity contribution >= 4 is 19.8 Å². The highest BCUT2D eigenvalue weighted by Crippen LogP contribution is 2.47. The molecule has 13 nitrogen and oxygen atoms in total. The number of carbonyl (C=O) groups is 2. The number of rotatable bonds is 38. The molecule has 6 unspecified atom stereocenters. The normalized spacial score (nSPS) is 22.6. The molecule has 0 aliphatic heterocycles. The van der Waals surface area contributed by atoms with E-state index in [1.165, 1.54) is 103 Å². The van der Waals surface area contributed by atoms with Crippen molar-refractivity contribution in [1.29, 1.82) is 0 Å². The monoisotopic (exact) mass is 851 g/mol. The highest BCUT2D eigenvalue weighted by molar-refractivity contribution is 7.47. The van der Waals surface area contributed by atoms with E-state index in [0.717, 1.165) is 57.8 Å². The Bertz CT molecular complexity index is 1080. The van der Waals surface area contributed by atoms with E-state index in [2.05, 4.69) is 26.0 Å². The lowest BCUT2D eigenvalue weighted by molar-refractivity contribution is -0.220. The summed E-state index contributed by atoms with van der Waals surface area (Å²) < 4.78 is 33.4. The van der Waals surface area contributed by atoms with E-state index in [1.807, 2.05) is 0 Å². The average molecular weight is 851 g/mol. The molecule has 1 fully saturated rings. The summed E-state index contributed by atoms with van der Waals surface area (Å²) in [4.78, 5) is 35.6. The summed E-state index contributed by atoms with van der Waals surface area (Å²) in [5, 5.41) is 50.0. The van der Waals surface area contributed by atoms with E-state index < -0.39 is 75.7 Å². The molecule has 6 N–H and O–H groups in total. The van der Waals surface area contributed by atoms with Gasteiger partial charge in [-0.25, -0.2) is 4.57 Å². The molecule has 1 aliphatic carbocycles. The summed E-state index contributed by atoms with van der Waals surface area (Å²) in [6.07, 6.45) is 22.8. The number of hydrogen-bond donors (Lipinski definition) is 6. The average Bonchev–Trinajstić information content (AvgIpc) is 3.20. The van der Waals surface area contributed by atoms with Crippen molar-refractivity contribution in [3.8, 4) is 0 Å². The van der Waals surface area contributed by atoms with Crippen molar-refractivity contribution in [3.05, 3.63) is 12.2 Å². The molecule has 0 amide bonds. The minimum atomic E-state index is -5.11. The maximum Gasteiger partial charge on any atom is 0.472 e. The van der Waals surface area contributed by atoms with Crippen molar-refractivity contribution in [2.75, 3.05) is 13.2 Å². The van der Waals surface area contributed by atoms with Gasteiger partial charge in [-0.15, -0.1) is 0 Å². The number of hydrogen-bond acceptors (Lipinski definition) is 12. The Labute approximate surface area is 350 Å². The Morgan fingerprint density at radius 1 is 0.517 bits per heavy atom. The van der Waals surface area contributed by atoms with Gasteiger partial charge in [-0.3, -0.25) is 18.6 Å².